The second-order valence-electron chi connectivity index (χ2n) is 5.77. The van der Waals surface area contributed by atoms with Crippen LogP contribution >= 0.6 is 0 Å². The molecule has 0 amide bonds. The molecule has 0 bridgehead atoms. The molecule has 5 heteroatoms. The van der Waals surface area contributed by atoms with Gasteiger partial charge < -0.3 is 15.3 Å². The number of carbonyl (C=O) groups is 1. The van der Waals surface area contributed by atoms with Gasteiger partial charge in [0.15, 0.2) is 0 Å². The van der Waals surface area contributed by atoms with Crippen molar-refractivity contribution in [3.05, 3.63) is 30.1 Å². The van der Waals surface area contributed by atoms with E-state index in [1.807, 2.05) is 32.2 Å². The van der Waals surface area contributed by atoms with Crippen molar-refractivity contribution >= 4 is 5.97 Å². The third-order valence-corrected chi connectivity index (χ3v) is 3.94. The van der Waals surface area contributed by atoms with Gasteiger partial charge in [-0.2, -0.15) is 0 Å². The SMILES string of the molecule is CCNC(C)(CC(C)N(C)CCc1ccccn1)C(=O)O. The Morgan fingerprint density at radius 2 is 2.24 bits per heavy atom. The molecule has 0 saturated carbocycles. The monoisotopic (exact) mass is 293 g/mol. The zero-order valence-electron chi connectivity index (χ0n) is 13.5. The van der Waals surface area contributed by atoms with E-state index in [1.165, 1.54) is 0 Å². The Kier molecular flexibility index (Phi) is 6.78. The van der Waals surface area contributed by atoms with Gasteiger partial charge in [-0.05, 0) is 46.0 Å². The summed E-state index contributed by atoms with van der Waals surface area (Å²) >= 11 is 0. The van der Waals surface area contributed by atoms with Gasteiger partial charge in [-0.3, -0.25) is 9.78 Å². The van der Waals surface area contributed by atoms with Crippen LogP contribution in [0, 0.1) is 0 Å². The fraction of sp³-hybridized carbons (Fsp3) is 0.625. The number of nitrogens with one attached hydrogen (secondary N) is 1. The molecule has 0 aromatic carbocycles. The van der Waals surface area contributed by atoms with E-state index in [2.05, 4.69) is 22.1 Å². The van der Waals surface area contributed by atoms with Gasteiger partial charge in [-0.25, -0.2) is 0 Å². The lowest BCUT2D eigenvalue weighted by Gasteiger charge is -2.33. The lowest BCUT2D eigenvalue weighted by Crippen LogP contribution is -2.53. The highest BCUT2D eigenvalue weighted by atomic mass is 16.4. The van der Waals surface area contributed by atoms with Gasteiger partial charge in [0.2, 0.25) is 0 Å². The van der Waals surface area contributed by atoms with Gasteiger partial charge >= 0.3 is 5.97 Å². The molecule has 0 aliphatic heterocycles. The van der Waals surface area contributed by atoms with E-state index in [1.54, 1.807) is 13.1 Å². The minimum atomic E-state index is -0.882. The topological polar surface area (TPSA) is 65.5 Å². The maximum absolute atomic E-state index is 11.5. The normalized spacial score (nSPS) is 15.7. The molecule has 0 fully saturated rings. The molecule has 21 heavy (non-hydrogen) atoms. The van der Waals surface area contributed by atoms with E-state index in [9.17, 15) is 9.90 Å². The summed E-state index contributed by atoms with van der Waals surface area (Å²) in [4.78, 5) is 18.0. The van der Waals surface area contributed by atoms with Crippen LogP contribution in [0.5, 0.6) is 0 Å². The molecule has 0 radical (unpaired) electrons. The van der Waals surface area contributed by atoms with Gasteiger partial charge in [0.05, 0.1) is 0 Å². The third kappa shape index (κ3) is 5.44. The summed E-state index contributed by atoms with van der Waals surface area (Å²) < 4.78 is 0. The standard InChI is InChI=1S/C16H27N3O2/c1-5-18-16(3,15(20)21)12-13(2)19(4)11-9-14-8-6-7-10-17-14/h6-8,10,13,18H,5,9,11-12H2,1-4H3,(H,20,21). The highest BCUT2D eigenvalue weighted by Crippen LogP contribution is 2.16. The van der Waals surface area contributed by atoms with Crippen molar-refractivity contribution in [1.82, 2.24) is 15.2 Å². The van der Waals surface area contributed by atoms with Crippen LogP contribution in [-0.2, 0) is 11.2 Å². The molecule has 118 valence electrons. The summed E-state index contributed by atoms with van der Waals surface area (Å²) in [5, 5.41) is 12.5. The Bertz CT molecular complexity index is 438. The Hall–Kier alpha value is -1.46. The highest BCUT2D eigenvalue weighted by molar-refractivity contribution is 5.78. The van der Waals surface area contributed by atoms with Crippen LogP contribution in [0.2, 0.25) is 0 Å². The largest absolute Gasteiger partial charge is 0.480 e. The number of hydrogen-bond acceptors (Lipinski definition) is 4. The summed E-state index contributed by atoms with van der Waals surface area (Å²) in [6.45, 7) is 7.25. The first-order valence-electron chi connectivity index (χ1n) is 7.47. The minimum absolute atomic E-state index is 0.175. The smallest absolute Gasteiger partial charge is 0.323 e. The molecular weight excluding hydrogens is 266 g/mol. The molecule has 0 aliphatic rings. The molecule has 1 heterocycles. The number of nitrogens with zero attached hydrogens (tertiary/aromatic N) is 2. The summed E-state index contributed by atoms with van der Waals surface area (Å²) in [5.41, 5.74) is 0.178. The van der Waals surface area contributed by atoms with Crippen LogP contribution in [0.15, 0.2) is 24.4 Å². The van der Waals surface area contributed by atoms with Gasteiger partial charge in [-0.1, -0.05) is 13.0 Å². The number of rotatable bonds is 9. The average molecular weight is 293 g/mol. The number of aliphatic carboxylic acids is 1. The van der Waals surface area contributed by atoms with Gasteiger partial charge in [0.1, 0.15) is 5.54 Å². The number of pyridine rings is 1. The van der Waals surface area contributed by atoms with Gasteiger partial charge in [0, 0.05) is 30.9 Å². The van der Waals surface area contributed by atoms with Crippen molar-refractivity contribution in [2.75, 3.05) is 20.1 Å². The van der Waals surface area contributed by atoms with E-state index in [-0.39, 0.29) is 6.04 Å². The highest BCUT2D eigenvalue weighted by Gasteiger charge is 2.34. The Labute approximate surface area is 127 Å². The fourth-order valence-electron chi connectivity index (χ4n) is 2.43. The summed E-state index contributed by atoms with van der Waals surface area (Å²) in [6, 6.07) is 6.08. The van der Waals surface area contributed by atoms with Gasteiger partial charge in [0.25, 0.3) is 0 Å². The molecule has 5 nitrogen and oxygen atoms in total. The molecular formula is C16H27N3O2. The van der Waals surface area contributed by atoms with Crippen molar-refractivity contribution < 1.29 is 9.90 Å². The van der Waals surface area contributed by atoms with Crippen molar-refractivity contribution in [3.63, 3.8) is 0 Å². The van der Waals surface area contributed by atoms with Crippen molar-refractivity contribution in [2.45, 2.75) is 45.2 Å². The van der Waals surface area contributed by atoms with Crippen LogP contribution in [0.1, 0.15) is 32.9 Å². The molecule has 2 unspecified atom stereocenters. The predicted molar refractivity (Wildman–Crippen MR) is 84.4 cm³/mol. The molecule has 1 aromatic heterocycles. The Balaban J connectivity index is 2.53. The van der Waals surface area contributed by atoms with E-state index >= 15 is 0 Å². The first kappa shape index (κ1) is 17.6. The number of aromatic nitrogens is 1. The maximum Gasteiger partial charge on any atom is 0.323 e. The third-order valence-electron chi connectivity index (χ3n) is 3.94. The molecule has 1 aromatic rings. The van der Waals surface area contributed by atoms with E-state index in [0.29, 0.717) is 13.0 Å². The number of hydrogen-bond donors (Lipinski definition) is 2. The molecule has 0 saturated heterocycles. The first-order valence-corrected chi connectivity index (χ1v) is 7.47. The summed E-state index contributed by atoms with van der Waals surface area (Å²) in [6.07, 6.45) is 3.23. The minimum Gasteiger partial charge on any atom is -0.480 e. The van der Waals surface area contributed by atoms with Crippen molar-refractivity contribution in [2.24, 2.45) is 0 Å². The summed E-state index contributed by atoms with van der Waals surface area (Å²) in [5.74, 6) is -0.797. The van der Waals surface area contributed by atoms with E-state index < -0.39 is 11.5 Å². The molecule has 1 rings (SSSR count). The van der Waals surface area contributed by atoms with Crippen LogP contribution in [0.3, 0.4) is 0 Å². The van der Waals surface area contributed by atoms with Crippen LogP contribution in [0.4, 0.5) is 0 Å². The Morgan fingerprint density at radius 1 is 1.52 bits per heavy atom. The lowest BCUT2D eigenvalue weighted by molar-refractivity contribution is -0.145. The van der Waals surface area contributed by atoms with Crippen molar-refractivity contribution in [3.8, 4) is 0 Å². The molecule has 2 atom stereocenters. The fourth-order valence-corrected chi connectivity index (χ4v) is 2.43. The number of carboxylic acid groups (broad SMARTS) is 1. The van der Waals surface area contributed by atoms with Crippen LogP contribution < -0.4 is 5.32 Å². The zero-order valence-corrected chi connectivity index (χ0v) is 13.5. The second kappa shape index (κ2) is 8.10. The molecule has 2 N–H and O–H groups in total. The molecule has 0 spiro atoms. The van der Waals surface area contributed by atoms with Crippen LogP contribution in [-0.4, -0.2) is 52.7 Å². The quantitative estimate of drug-likeness (QED) is 0.726. The summed E-state index contributed by atoms with van der Waals surface area (Å²) in [7, 11) is 2.03. The van der Waals surface area contributed by atoms with Crippen molar-refractivity contribution in [1.29, 1.82) is 0 Å². The average Bonchev–Trinajstić information content (AvgIpc) is 2.45. The predicted octanol–water partition coefficient (Wildman–Crippen LogP) is 1.79. The molecule has 0 aliphatic carbocycles. The lowest BCUT2D eigenvalue weighted by atomic mass is 9.93. The maximum atomic E-state index is 11.5. The Morgan fingerprint density at radius 3 is 2.76 bits per heavy atom. The van der Waals surface area contributed by atoms with Gasteiger partial charge in [-0.15, -0.1) is 0 Å². The van der Waals surface area contributed by atoms with E-state index in [4.69, 9.17) is 0 Å². The number of likely N-dealkylation sites (N-methyl/N-ethyl adjacent to an activating group) is 2. The van der Waals surface area contributed by atoms with E-state index in [0.717, 1.165) is 18.7 Å². The number of carboxylic acids is 1. The van der Waals surface area contributed by atoms with Crippen LogP contribution in [0.25, 0.3) is 0 Å². The zero-order chi connectivity index (χ0) is 15.9. The first-order chi connectivity index (χ1) is 9.89. The second-order valence-corrected chi connectivity index (χ2v) is 5.77.